The van der Waals surface area contributed by atoms with Crippen LogP contribution >= 0.6 is 0 Å². The van der Waals surface area contributed by atoms with Gasteiger partial charge in [0.2, 0.25) is 0 Å². The van der Waals surface area contributed by atoms with Gasteiger partial charge >= 0.3 is 0 Å². The van der Waals surface area contributed by atoms with Crippen LogP contribution in [0, 0.1) is 0 Å². The summed E-state index contributed by atoms with van der Waals surface area (Å²) in [5.74, 6) is 1.81. The minimum Gasteiger partial charge on any atom is -0.365 e. The molecule has 1 saturated carbocycles. The minimum absolute atomic E-state index is 0.532. The third-order valence-corrected chi connectivity index (χ3v) is 4.33. The summed E-state index contributed by atoms with van der Waals surface area (Å²) in [5, 5.41) is 3.51. The Balaban J connectivity index is 1.85. The van der Waals surface area contributed by atoms with Crippen molar-refractivity contribution in [2.24, 2.45) is 0 Å². The summed E-state index contributed by atoms with van der Waals surface area (Å²) >= 11 is 0. The molecule has 1 fully saturated rings. The van der Waals surface area contributed by atoms with E-state index in [4.69, 9.17) is 4.98 Å². The van der Waals surface area contributed by atoms with Gasteiger partial charge in [-0.15, -0.1) is 0 Å². The summed E-state index contributed by atoms with van der Waals surface area (Å²) in [7, 11) is 0. The normalized spacial score (nSPS) is 15.0. The number of imidazole rings is 1. The Morgan fingerprint density at radius 3 is 2.68 bits per heavy atom. The zero-order valence-electron chi connectivity index (χ0n) is 12.7. The smallest absolute Gasteiger partial charge is 0.165 e. The molecule has 0 unspecified atom stereocenters. The van der Waals surface area contributed by atoms with Crippen molar-refractivity contribution in [3.05, 3.63) is 36.7 Å². The number of hydrogen-bond acceptors (Lipinski definition) is 4. The van der Waals surface area contributed by atoms with Gasteiger partial charge in [-0.1, -0.05) is 30.3 Å². The molecule has 1 aliphatic carbocycles. The molecule has 22 heavy (non-hydrogen) atoms. The van der Waals surface area contributed by atoms with Crippen molar-refractivity contribution in [1.29, 1.82) is 0 Å². The Bertz CT molecular complexity index is 789. The molecule has 112 valence electrons. The van der Waals surface area contributed by atoms with Gasteiger partial charge in [0.1, 0.15) is 12.2 Å². The first-order valence-electron chi connectivity index (χ1n) is 7.90. The van der Waals surface area contributed by atoms with E-state index in [0.717, 1.165) is 34.9 Å². The van der Waals surface area contributed by atoms with Gasteiger partial charge in [0.05, 0.1) is 0 Å². The first kappa shape index (κ1) is 13.2. The number of aromatic nitrogens is 4. The highest BCUT2D eigenvalue weighted by molar-refractivity contribution is 5.86. The second kappa shape index (κ2) is 5.40. The topological polar surface area (TPSA) is 55.6 Å². The Labute approximate surface area is 129 Å². The quantitative estimate of drug-likeness (QED) is 0.800. The van der Waals surface area contributed by atoms with Gasteiger partial charge in [-0.3, -0.25) is 0 Å². The minimum atomic E-state index is 0.532. The van der Waals surface area contributed by atoms with E-state index in [0.29, 0.717) is 6.04 Å². The second-order valence-electron chi connectivity index (χ2n) is 5.71. The van der Waals surface area contributed by atoms with Gasteiger partial charge in [0.15, 0.2) is 17.0 Å². The monoisotopic (exact) mass is 293 g/mol. The highest BCUT2D eigenvalue weighted by atomic mass is 15.2. The summed E-state index contributed by atoms with van der Waals surface area (Å²) in [4.78, 5) is 13.7. The molecule has 1 N–H and O–H groups in total. The SMILES string of the molecule is CCn1c(-c2ccccc2)nc2c(NC3CCC3)ncnc21. The van der Waals surface area contributed by atoms with Gasteiger partial charge in [-0.05, 0) is 26.2 Å². The lowest BCUT2D eigenvalue weighted by molar-refractivity contribution is 0.444. The highest BCUT2D eigenvalue weighted by Gasteiger charge is 2.21. The van der Waals surface area contributed by atoms with Crippen molar-refractivity contribution >= 4 is 17.0 Å². The maximum Gasteiger partial charge on any atom is 0.165 e. The lowest BCUT2D eigenvalue weighted by Gasteiger charge is -2.26. The molecule has 0 bridgehead atoms. The van der Waals surface area contributed by atoms with Gasteiger partial charge < -0.3 is 9.88 Å². The average Bonchev–Trinajstić information content (AvgIpc) is 2.91. The Kier molecular flexibility index (Phi) is 3.25. The number of hydrogen-bond donors (Lipinski definition) is 1. The molecule has 1 aromatic carbocycles. The van der Waals surface area contributed by atoms with Gasteiger partial charge in [0, 0.05) is 18.2 Å². The summed E-state index contributed by atoms with van der Waals surface area (Å²) in [6.45, 7) is 2.95. The number of rotatable bonds is 4. The fourth-order valence-corrected chi connectivity index (χ4v) is 2.90. The van der Waals surface area contributed by atoms with E-state index in [1.165, 1.54) is 19.3 Å². The summed E-state index contributed by atoms with van der Waals surface area (Å²) in [6, 6.07) is 10.8. The predicted octanol–water partition coefficient (Wildman–Crippen LogP) is 3.48. The number of nitrogens with one attached hydrogen (secondary N) is 1. The lowest BCUT2D eigenvalue weighted by Crippen LogP contribution is -2.27. The molecule has 0 aliphatic heterocycles. The van der Waals surface area contributed by atoms with Crippen LogP contribution in [0.4, 0.5) is 5.82 Å². The standard InChI is InChI=1S/C17H19N5/c1-2-22-16(12-7-4-3-5-8-12)21-14-15(18-11-19-17(14)22)20-13-9-6-10-13/h3-5,7-8,11,13H,2,6,9-10H2,1H3,(H,18,19,20). The number of nitrogens with zero attached hydrogens (tertiary/aromatic N) is 4. The lowest BCUT2D eigenvalue weighted by atomic mass is 9.93. The molecular weight excluding hydrogens is 274 g/mol. The molecule has 2 heterocycles. The van der Waals surface area contributed by atoms with Crippen molar-refractivity contribution in [2.45, 2.75) is 38.8 Å². The van der Waals surface area contributed by atoms with Crippen LogP contribution in [0.1, 0.15) is 26.2 Å². The predicted molar refractivity (Wildman–Crippen MR) is 87.7 cm³/mol. The van der Waals surface area contributed by atoms with E-state index < -0.39 is 0 Å². The van der Waals surface area contributed by atoms with Crippen molar-refractivity contribution in [2.75, 3.05) is 5.32 Å². The first-order chi connectivity index (χ1) is 10.9. The van der Waals surface area contributed by atoms with E-state index in [1.807, 2.05) is 18.2 Å². The number of aryl methyl sites for hydroxylation is 1. The van der Waals surface area contributed by atoms with Crippen LogP contribution in [-0.2, 0) is 6.54 Å². The molecule has 4 rings (SSSR count). The van der Waals surface area contributed by atoms with Gasteiger partial charge in [0.25, 0.3) is 0 Å². The molecule has 0 amide bonds. The average molecular weight is 293 g/mol. The van der Waals surface area contributed by atoms with Crippen LogP contribution in [0.2, 0.25) is 0 Å². The number of anilines is 1. The fourth-order valence-electron chi connectivity index (χ4n) is 2.90. The third kappa shape index (κ3) is 2.13. The maximum atomic E-state index is 4.84. The molecule has 5 heteroatoms. The van der Waals surface area contributed by atoms with Crippen LogP contribution in [-0.4, -0.2) is 25.6 Å². The summed E-state index contributed by atoms with van der Waals surface area (Å²) < 4.78 is 2.15. The molecule has 1 aliphatic rings. The fraction of sp³-hybridized carbons (Fsp3) is 0.353. The van der Waals surface area contributed by atoms with E-state index in [-0.39, 0.29) is 0 Å². The molecule has 0 atom stereocenters. The van der Waals surface area contributed by atoms with Crippen molar-refractivity contribution < 1.29 is 0 Å². The zero-order chi connectivity index (χ0) is 14.9. The molecular formula is C17H19N5. The Morgan fingerprint density at radius 1 is 1.18 bits per heavy atom. The van der Waals surface area contributed by atoms with Crippen molar-refractivity contribution in [3.8, 4) is 11.4 Å². The molecule has 2 aromatic heterocycles. The van der Waals surface area contributed by atoms with E-state index in [9.17, 15) is 0 Å². The van der Waals surface area contributed by atoms with E-state index >= 15 is 0 Å². The Hall–Kier alpha value is -2.43. The van der Waals surface area contributed by atoms with Crippen molar-refractivity contribution in [3.63, 3.8) is 0 Å². The van der Waals surface area contributed by atoms with Crippen LogP contribution in [0.25, 0.3) is 22.6 Å². The first-order valence-corrected chi connectivity index (χ1v) is 7.90. The maximum absolute atomic E-state index is 4.84. The van der Waals surface area contributed by atoms with Gasteiger partial charge in [-0.2, -0.15) is 0 Å². The molecule has 3 aromatic rings. The highest BCUT2D eigenvalue weighted by Crippen LogP contribution is 2.29. The number of benzene rings is 1. The molecule has 0 saturated heterocycles. The van der Waals surface area contributed by atoms with Crippen LogP contribution < -0.4 is 5.32 Å². The summed E-state index contributed by atoms with van der Waals surface area (Å²) in [6.07, 6.45) is 5.35. The number of fused-ring (bicyclic) bond motifs is 1. The summed E-state index contributed by atoms with van der Waals surface area (Å²) in [5.41, 5.74) is 2.88. The molecule has 0 radical (unpaired) electrons. The third-order valence-electron chi connectivity index (χ3n) is 4.33. The van der Waals surface area contributed by atoms with Crippen molar-refractivity contribution in [1.82, 2.24) is 19.5 Å². The largest absolute Gasteiger partial charge is 0.365 e. The van der Waals surface area contributed by atoms with Gasteiger partial charge in [-0.25, -0.2) is 15.0 Å². The van der Waals surface area contributed by atoms with Crippen LogP contribution in [0.15, 0.2) is 36.7 Å². The van der Waals surface area contributed by atoms with Crippen LogP contribution in [0.3, 0.4) is 0 Å². The van der Waals surface area contributed by atoms with E-state index in [1.54, 1.807) is 6.33 Å². The van der Waals surface area contributed by atoms with Crippen LogP contribution in [0.5, 0.6) is 0 Å². The zero-order valence-corrected chi connectivity index (χ0v) is 12.7. The Morgan fingerprint density at radius 2 is 2.00 bits per heavy atom. The van der Waals surface area contributed by atoms with E-state index in [2.05, 4.69) is 38.9 Å². The second-order valence-corrected chi connectivity index (χ2v) is 5.71. The molecule has 0 spiro atoms. The molecule has 5 nitrogen and oxygen atoms in total.